The summed E-state index contributed by atoms with van der Waals surface area (Å²) in [5.74, 6) is 0. The first-order valence-electron chi connectivity index (χ1n) is 8.68. The van der Waals surface area contributed by atoms with Gasteiger partial charge in [-0.3, -0.25) is 5.10 Å². The van der Waals surface area contributed by atoms with Crippen LogP contribution < -0.4 is 5.32 Å². The molecule has 0 saturated carbocycles. The maximum atomic E-state index is 12.5. The average molecular weight is 344 g/mol. The van der Waals surface area contributed by atoms with Crippen LogP contribution in [0.3, 0.4) is 0 Å². The van der Waals surface area contributed by atoms with E-state index in [0.717, 1.165) is 25.1 Å². The number of aromatic amines is 1. The molecule has 2 N–H and O–H groups in total. The molecule has 25 heavy (non-hydrogen) atoms. The van der Waals surface area contributed by atoms with Crippen molar-refractivity contribution in [3.8, 4) is 0 Å². The molecular formula is C19H28N4O2. The Bertz CT molecular complexity index is 621. The molecule has 0 aliphatic rings. The van der Waals surface area contributed by atoms with Crippen molar-refractivity contribution in [2.45, 2.75) is 39.2 Å². The van der Waals surface area contributed by atoms with Crippen LogP contribution in [0, 0.1) is 0 Å². The fourth-order valence-electron chi connectivity index (χ4n) is 2.38. The van der Waals surface area contributed by atoms with Crippen LogP contribution in [0.15, 0.2) is 42.7 Å². The number of anilines is 1. The lowest BCUT2D eigenvalue weighted by Crippen LogP contribution is -2.39. The van der Waals surface area contributed by atoms with Crippen molar-refractivity contribution in [3.05, 3.63) is 48.3 Å². The van der Waals surface area contributed by atoms with Crippen molar-refractivity contribution in [1.29, 1.82) is 0 Å². The number of rotatable bonds is 8. The van der Waals surface area contributed by atoms with Gasteiger partial charge in [-0.1, -0.05) is 30.3 Å². The topological polar surface area (TPSA) is 70.2 Å². The first-order chi connectivity index (χ1) is 11.9. The number of H-pyrrole nitrogens is 1. The highest BCUT2D eigenvalue weighted by Crippen LogP contribution is 2.11. The maximum Gasteiger partial charge on any atom is 0.410 e. The number of nitrogens with one attached hydrogen (secondary N) is 2. The molecule has 2 aromatic rings. The van der Waals surface area contributed by atoms with E-state index >= 15 is 0 Å². The van der Waals surface area contributed by atoms with E-state index in [9.17, 15) is 4.79 Å². The Morgan fingerprint density at radius 2 is 2.00 bits per heavy atom. The predicted molar refractivity (Wildman–Crippen MR) is 99.6 cm³/mol. The summed E-state index contributed by atoms with van der Waals surface area (Å²) >= 11 is 0. The van der Waals surface area contributed by atoms with Crippen molar-refractivity contribution < 1.29 is 9.53 Å². The first-order valence-corrected chi connectivity index (χ1v) is 8.68. The Hall–Kier alpha value is -2.50. The van der Waals surface area contributed by atoms with Crippen molar-refractivity contribution in [3.63, 3.8) is 0 Å². The van der Waals surface area contributed by atoms with E-state index in [-0.39, 0.29) is 6.09 Å². The Balaban J connectivity index is 1.85. The van der Waals surface area contributed by atoms with Gasteiger partial charge in [0.2, 0.25) is 0 Å². The molecule has 0 unspecified atom stereocenters. The number of carbonyl (C=O) groups excluding carboxylic acids is 1. The Morgan fingerprint density at radius 3 is 2.64 bits per heavy atom. The van der Waals surface area contributed by atoms with E-state index in [1.165, 1.54) is 5.56 Å². The van der Waals surface area contributed by atoms with Crippen molar-refractivity contribution in [1.82, 2.24) is 15.1 Å². The summed E-state index contributed by atoms with van der Waals surface area (Å²) in [7, 11) is 0. The van der Waals surface area contributed by atoms with Gasteiger partial charge in [-0.2, -0.15) is 5.10 Å². The van der Waals surface area contributed by atoms with Gasteiger partial charge in [0.15, 0.2) is 0 Å². The van der Waals surface area contributed by atoms with Crippen LogP contribution in [-0.2, 0) is 11.2 Å². The monoisotopic (exact) mass is 344 g/mol. The molecule has 0 aliphatic carbocycles. The fourth-order valence-corrected chi connectivity index (χ4v) is 2.38. The summed E-state index contributed by atoms with van der Waals surface area (Å²) in [6.45, 7) is 7.73. The van der Waals surface area contributed by atoms with Crippen LogP contribution in [0.2, 0.25) is 0 Å². The first kappa shape index (κ1) is 18.8. The lowest BCUT2D eigenvalue weighted by molar-refractivity contribution is 0.0251. The van der Waals surface area contributed by atoms with E-state index in [1.807, 2.05) is 39.0 Å². The van der Waals surface area contributed by atoms with Crippen molar-refractivity contribution in [2.75, 3.05) is 25.0 Å². The highest BCUT2D eigenvalue weighted by atomic mass is 16.6. The quantitative estimate of drug-likeness (QED) is 0.717. The number of ether oxygens (including phenoxy) is 1. The molecule has 6 heteroatoms. The summed E-state index contributed by atoms with van der Waals surface area (Å²) in [5.41, 5.74) is 1.68. The maximum absolute atomic E-state index is 12.5. The van der Waals surface area contributed by atoms with E-state index in [4.69, 9.17) is 4.74 Å². The van der Waals surface area contributed by atoms with E-state index in [2.05, 4.69) is 27.6 Å². The highest BCUT2D eigenvalue weighted by Gasteiger charge is 2.21. The van der Waals surface area contributed by atoms with E-state index in [1.54, 1.807) is 17.3 Å². The number of aromatic nitrogens is 2. The van der Waals surface area contributed by atoms with Gasteiger partial charge < -0.3 is 15.0 Å². The number of hydrogen-bond acceptors (Lipinski definition) is 4. The molecule has 2 rings (SSSR count). The molecule has 1 amide bonds. The molecular weight excluding hydrogens is 316 g/mol. The molecule has 1 aromatic heterocycles. The van der Waals surface area contributed by atoms with Gasteiger partial charge in [0.1, 0.15) is 5.60 Å². The van der Waals surface area contributed by atoms with Crippen LogP contribution in [0.25, 0.3) is 0 Å². The van der Waals surface area contributed by atoms with Crippen LogP contribution in [0.1, 0.15) is 32.8 Å². The molecule has 1 aromatic carbocycles. The summed E-state index contributed by atoms with van der Waals surface area (Å²) < 4.78 is 5.54. The van der Waals surface area contributed by atoms with Gasteiger partial charge >= 0.3 is 6.09 Å². The largest absolute Gasteiger partial charge is 0.444 e. The molecule has 0 saturated heterocycles. The normalized spacial score (nSPS) is 11.2. The zero-order valence-electron chi connectivity index (χ0n) is 15.3. The van der Waals surface area contributed by atoms with E-state index in [0.29, 0.717) is 13.1 Å². The van der Waals surface area contributed by atoms with Gasteiger partial charge in [-0.25, -0.2) is 4.79 Å². The summed E-state index contributed by atoms with van der Waals surface area (Å²) in [6, 6.07) is 10.2. The summed E-state index contributed by atoms with van der Waals surface area (Å²) in [6.07, 6.45) is 4.93. The Kier molecular flexibility index (Phi) is 6.86. The predicted octanol–water partition coefficient (Wildman–Crippen LogP) is 3.69. The van der Waals surface area contributed by atoms with Crippen molar-refractivity contribution >= 4 is 11.8 Å². The molecule has 0 radical (unpaired) electrons. The second-order valence-electron chi connectivity index (χ2n) is 6.97. The zero-order chi connectivity index (χ0) is 18.1. The summed E-state index contributed by atoms with van der Waals surface area (Å²) in [5, 5.41) is 9.93. The molecule has 0 aliphatic heterocycles. The molecule has 1 heterocycles. The summed E-state index contributed by atoms with van der Waals surface area (Å²) in [4.78, 5) is 14.3. The number of amides is 1. The second kappa shape index (κ2) is 9.11. The Morgan fingerprint density at radius 1 is 1.24 bits per heavy atom. The van der Waals surface area contributed by atoms with Crippen LogP contribution in [0.4, 0.5) is 10.5 Å². The third kappa shape index (κ3) is 7.28. The highest BCUT2D eigenvalue weighted by molar-refractivity contribution is 5.68. The third-order valence-corrected chi connectivity index (χ3v) is 3.60. The van der Waals surface area contributed by atoms with Crippen LogP contribution in [0.5, 0.6) is 0 Å². The molecule has 6 nitrogen and oxygen atoms in total. The molecule has 0 fully saturated rings. The minimum Gasteiger partial charge on any atom is -0.444 e. The second-order valence-corrected chi connectivity index (χ2v) is 6.97. The molecule has 136 valence electrons. The number of hydrogen-bond donors (Lipinski definition) is 2. The Labute approximate surface area is 149 Å². The van der Waals surface area contributed by atoms with Gasteiger partial charge in [-0.05, 0) is 39.2 Å². The van der Waals surface area contributed by atoms with Crippen molar-refractivity contribution in [2.24, 2.45) is 0 Å². The number of carbonyl (C=O) groups is 1. The van der Waals surface area contributed by atoms with Crippen LogP contribution >= 0.6 is 0 Å². The molecule has 0 spiro atoms. The standard InChI is InChI=1S/C19H28N4O2/c1-19(2,3)25-18(24)23(13-10-16-8-5-4-6-9-16)12-7-11-20-17-14-21-22-15-17/h4-6,8-9,14-15,20H,7,10-13H2,1-3H3,(H,21,22). The SMILES string of the molecule is CC(C)(C)OC(=O)N(CCCNc1cn[nH]c1)CCc1ccccc1. The zero-order valence-corrected chi connectivity index (χ0v) is 15.3. The van der Waals surface area contributed by atoms with Gasteiger partial charge in [0.25, 0.3) is 0 Å². The molecule has 0 atom stereocenters. The van der Waals surface area contributed by atoms with Gasteiger partial charge in [-0.15, -0.1) is 0 Å². The third-order valence-electron chi connectivity index (χ3n) is 3.60. The van der Waals surface area contributed by atoms with Gasteiger partial charge in [0.05, 0.1) is 11.9 Å². The molecule has 0 bridgehead atoms. The van der Waals surface area contributed by atoms with Gasteiger partial charge in [0, 0.05) is 25.8 Å². The number of benzene rings is 1. The minimum atomic E-state index is -0.489. The number of nitrogens with zero attached hydrogens (tertiary/aromatic N) is 2. The average Bonchev–Trinajstić information content (AvgIpc) is 3.06. The smallest absolute Gasteiger partial charge is 0.410 e. The minimum absolute atomic E-state index is 0.258. The van der Waals surface area contributed by atoms with Crippen LogP contribution in [-0.4, -0.2) is 46.4 Å². The fraction of sp³-hybridized carbons (Fsp3) is 0.474. The van der Waals surface area contributed by atoms with E-state index < -0.39 is 5.60 Å². The lowest BCUT2D eigenvalue weighted by atomic mass is 10.1. The lowest BCUT2D eigenvalue weighted by Gasteiger charge is -2.27.